The molecule has 0 amide bonds. The molecule has 8 nitrogen and oxygen atoms in total. The number of hydrogen-bond donors (Lipinski definition) is 1. The second kappa shape index (κ2) is 4.95. The number of carboxylic acids is 1. The van der Waals surface area contributed by atoms with Gasteiger partial charge in [0.15, 0.2) is 0 Å². The maximum Gasteiger partial charge on any atom is 0.313 e. The number of aryl methyl sites for hydroxylation is 1. The third-order valence-corrected chi connectivity index (χ3v) is 2.86. The van der Waals surface area contributed by atoms with E-state index < -0.39 is 5.97 Å². The van der Waals surface area contributed by atoms with E-state index in [1.54, 1.807) is 15.6 Å². The first-order valence-electron chi connectivity index (χ1n) is 4.73. The summed E-state index contributed by atoms with van der Waals surface area (Å²) >= 11 is 1.09. The Morgan fingerprint density at radius 3 is 3.06 bits per heavy atom. The highest BCUT2D eigenvalue weighted by molar-refractivity contribution is 7.99. The summed E-state index contributed by atoms with van der Waals surface area (Å²) in [6.07, 6.45) is 3.57. The van der Waals surface area contributed by atoms with Crippen molar-refractivity contribution in [3.63, 3.8) is 0 Å². The van der Waals surface area contributed by atoms with Gasteiger partial charge >= 0.3 is 5.97 Å². The fourth-order valence-corrected chi connectivity index (χ4v) is 1.85. The molecule has 0 unspecified atom stereocenters. The summed E-state index contributed by atoms with van der Waals surface area (Å²) in [5, 5.41) is 24.2. The maximum absolute atomic E-state index is 10.5. The van der Waals surface area contributed by atoms with Crippen molar-refractivity contribution in [2.45, 2.75) is 11.7 Å². The van der Waals surface area contributed by atoms with E-state index in [1.165, 1.54) is 0 Å². The molecule has 0 aliphatic carbocycles. The first-order valence-corrected chi connectivity index (χ1v) is 5.72. The molecule has 0 radical (unpaired) electrons. The van der Waals surface area contributed by atoms with Crippen LogP contribution < -0.4 is 0 Å². The van der Waals surface area contributed by atoms with Gasteiger partial charge in [-0.15, -0.1) is 5.10 Å². The molecule has 2 rings (SSSR count). The Kier molecular flexibility index (Phi) is 3.38. The van der Waals surface area contributed by atoms with Crippen LogP contribution in [-0.4, -0.2) is 46.8 Å². The van der Waals surface area contributed by atoms with Crippen LogP contribution in [0, 0.1) is 0 Å². The molecule has 0 fully saturated rings. The van der Waals surface area contributed by atoms with Crippen molar-refractivity contribution in [3.05, 3.63) is 18.0 Å². The van der Waals surface area contributed by atoms with Crippen molar-refractivity contribution in [2.24, 2.45) is 7.05 Å². The van der Waals surface area contributed by atoms with Gasteiger partial charge in [-0.1, -0.05) is 11.8 Å². The van der Waals surface area contributed by atoms with Crippen molar-refractivity contribution in [1.29, 1.82) is 0 Å². The van der Waals surface area contributed by atoms with Crippen LogP contribution >= 0.6 is 11.8 Å². The van der Waals surface area contributed by atoms with Crippen LogP contribution in [0.25, 0.3) is 0 Å². The monoisotopic (exact) mass is 254 g/mol. The minimum Gasteiger partial charge on any atom is -0.481 e. The van der Waals surface area contributed by atoms with E-state index in [1.807, 2.05) is 13.2 Å². The molecular formula is C8H10N6O2S. The Labute approximate surface area is 101 Å². The van der Waals surface area contributed by atoms with E-state index in [2.05, 4.69) is 20.6 Å². The first kappa shape index (κ1) is 11.6. The van der Waals surface area contributed by atoms with Gasteiger partial charge in [-0.2, -0.15) is 5.10 Å². The zero-order valence-electron chi connectivity index (χ0n) is 9.02. The smallest absolute Gasteiger partial charge is 0.313 e. The third-order valence-electron chi connectivity index (χ3n) is 1.91. The number of rotatable bonds is 5. The molecule has 0 aromatic carbocycles. The van der Waals surface area contributed by atoms with Gasteiger partial charge in [0, 0.05) is 18.8 Å². The number of aromatic nitrogens is 6. The second-order valence-corrected chi connectivity index (χ2v) is 4.27. The highest BCUT2D eigenvalue weighted by Crippen LogP contribution is 2.14. The van der Waals surface area contributed by atoms with Gasteiger partial charge in [-0.3, -0.25) is 9.48 Å². The zero-order chi connectivity index (χ0) is 12.3. The normalized spacial score (nSPS) is 10.6. The lowest BCUT2D eigenvalue weighted by Crippen LogP contribution is -2.05. The summed E-state index contributed by atoms with van der Waals surface area (Å²) in [7, 11) is 1.82. The lowest BCUT2D eigenvalue weighted by Gasteiger charge is -2.00. The maximum atomic E-state index is 10.5. The van der Waals surface area contributed by atoms with Gasteiger partial charge in [0.2, 0.25) is 5.16 Å². The lowest BCUT2D eigenvalue weighted by atomic mass is 10.4. The molecule has 0 saturated heterocycles. The standard InChI is InChI=1S/C8H10N6O2S/c1-13-3-6(2-9-13)4-14-8(10-11-12-14)17-5-7(15)16/h2-3H,4-5H2,1H3,(H,15,16). The average Bonchev–Trinajstić information content (AvgIpc) is 2.86. The summed E-state index contributed by atoms with van der Waals surface area (Å²) in [5.41, 5.74) is 0.956. The molecule has 0 aliphatic rings. The summed E-state index contributed by atoms with van der Waals surface area (Å²) in [4.78, 5) is 10.5. The fraction of sp³-hybridized carbons (Fsp3) is 0.375. The van der Waals surface area contributed by atoms with Crippen LogP contribution in [0.5, 0.6) is 0 Å². The molecule has 0 aliphatic heterocycles. The number of hydrogen-bond acceptors (Lipinski definition) is 6. The molecule has 0 saturated carbocycles. The molecule has 2 aromatic heterocycles. The van der Waals surface area contributed by atoms with Crippen molar-refractivity contribution >= 4 is 17.7 Å². The quantitative estimate of drug-likeness (QED) is 0.727. The Morgan fingerprint density at radius 2 is 2.41 bits per heavy atom. The van der Waals surface area contributed by atoms with Gasteiger partial charge in [0.05, 0.1) is 18.5 Å². The van der Waals surface area contributed by atoms with Crippen LogP contribution in [0.2, 0.25) is 0 Å². The summed E-state index contributed by atoms with van der Waals surface area (Å²) < 4.78 is 3.23. The van der Waals surface area contributed by atoms with Gasteiger partial charge in [0.25, 0.3) is 0 Å². The minimum absolute atomic E-state index is 0.0621. The Balaban J connectivity index is 2.06. The van der Waals surface area contributed by atoms with Crippen molar-refractivity contribution < 1.29 is 9.90 Å². The van der Waals surface area contributed by atoms with Gasteiger partial charge < -0.3 is 5.11 Å². The molecule has 9 heteroatoms. The molecule has 1 N–H and O–H groups in total. The number of tetrazole rings is 1. The van der Waals surface area contributed by atoms with Gasteiger partial charge in [-0.25, -0.2) is 4.68 Å². The number of carboxylic acid groups (broad SMARTS) is 1. The number of aliphatic carboxylic acids is 1. The van der Waals surface area contributed by atoms with Crippen LogP contribution in [0.4, 0.5) is 0 Å². The van der Waals surface area contributed by atoms with Crippen LogP contribution in [0.15, 0.2) is 17.6 Å². The molecular weight excluding hydrogens is 244 g/mol. The summed E-state index contributed by atoms with van der Waals surface area (Å²) in [6.45, 7) is 0.475. The predicted octanol–water partition coefficient (Wildman–Crippen LogP) is -0.368. The van der Waals surface area contributed by atoms with E-state index >= 15 is 0 Å². The molecule has 2 heterocycles. The molecule has 0 atom stereocenters. The fourth-order valence-electron chi connectivity index (χ4n) is 1.25. The van der Waals surface area contributed by atoms with Gasteiger partial charge in [0.1, 0.15) is 0 Å². The van der Waals surface area contributed by atoms with Crippen molar-refractivity contribution in [2.75, 3.05) is 5.75 Å². The number of carbonyl (C=O) groups is 1. The van der Waals surface area contributed by atoms with Crippen LogP contribution in [0.3, 0.4) is 0 Å². The highest BCUT2D eigenvalue weighted by Gasteiger charge is 2.10. The largest absolute Gasteiger partial charge is 0.481 e. The third kappa shape index (κ3) is 3.03. The summed E-state index contributed by atoms with van der Waals surface area (Å²) in [5.74, 6) is -0.959. The minimum atomic E-state index is -0.897. The highest BCUT2D eigenvalue weighted by atomic mass is 32.2. The van der Waals surface area contributed by atoms with E-state index in [0.717, 1.165) is 17.3 Å². The summed E-state index contributed by atoms with van der Waals surface area (Å²) in [6, 6.07) is 0. The van der Waals surface area contributed by atoms with Crippen LogP contribution in [-0.2, 0) is 18.4 Å². The Bertz CT molecular complexity index is 522. The lowest BCUT2D eigenvalue weighted by molar-refractivity contribution is -0.133. The van der Waals surface area contributed by atoms with Crippen molar-refractivity contribution in [3.8, 4) is 0 Å². The number of thioether (sulfide) groups is 1. The molecule has 0 bridgehead atoms. The number of nitrogens with zero attached hydrogens (tertiary/aromatic N) is 6. The molecule has 2 aromatic rings. The van der Waals surface area contributed by atoms with E-state index in [0.29, 0.717) is 11.7 Å². The van der Waals surface area contributed by atoms with Crippen LogP contribution in [0.1, 0.15) is 5.56 Å². The average molecular weight is 254 g/mol. The predicted molar refractivity (Wildman–Crippen MR) is 58.5 cm³/mol. The van der Waals surface area contributed by atoms with E-state index in [9.17, 15) is 4.79 Å². The SMILES string of the molecule is Cn1cc(Cn2nnnc2SCC(=O)O)cn1. The zero-order valence-corrected chi connectivity index (χ0v) is 9.83. The van der Waals surface area contributed by atoms with Crippen molar-refractivity contribution in [1.82, 2.24) is 30.0 Å². The van der Waals surface area contributed by atoms with Gasteiger partial charge in [-0.05, 0) is 10.4 Å². The molecule has 0 spiro atoms. The van der Waals surface area contributed by atoms with E-state index in [-0.39, 0.29) is 5.75 Å². The Morgan fingerprint density at radius 1 is 1.59 bits per heavy atom. The second-order valence-electron chi connectivity index (χ2n) is 3.32. The van der Waals surface area contributed by atoms with E-state index in [4.69, 9.17) is 5.11 Å². The molecule has 90 valence electrons. The molecule has 17 heavy (non-hydrogen) atoms. The Hall–Kier alpha value is -1.90. The first-order chi connectivity index (χ1) is 8.15. The topological polar surface area (TPSA) is 98.7 Å².